The lowest BCUT2D eigenvalue weighted by atomic mass is 10.2. The second kappa shape index (κ2) is 6.76. The van der Waals surface area contributed by atoms with E-state index >= 15 is 0 Å². The van der Waals surface area contributed by atoms with Gasteiger partial charge in [-0.25, -0.2) is 9.67 Å². The number of nitrogens with zero attached hydrogens (tertiary/aromatic N) is 4. The Morgan fingerprint density at radius 1 is 1.43 bits per heavy atom. The molecule has 2 aromatic rings. The maximum Gasteiger partial charge on any atom is 0.287 e. The predicted molar refractivity (Wildman–Crippen MR) is 83.7 cm³/mol. The van der Waals surface area contributed by atoms with E-state index in [9.17, 15) is 4.79 Å². The van der Waals surface area contributed by atoms with Crippen molar-refractivity contribution < 1.29 is 0 Å². The van der Waals surface area contributed by atoms with Crippen molar-refractivity contribution in [3.63, 3.8) is 0 Å². The number of aryl methyl sites for hydroxylation is 1. The molecule has 0 aliphatic carbocycles. The summed E-state index contributed by atoms with van der Waals surface area (Å²) in [5.74, 6) is 1.31. The highest BCUT2D eigenvalue weighted by Gasteiger charge is 2.10. The highest BCUT2D eigenvalue weighted by atomic mass is 35.5. The fourth-order valence-electron chi connectivity index (χ4n) is 2.01. The van der Waals surface area contributed by atoms with E-state index < -0.39 is 0 Å². The molecule has 0 spiro atoms. The first-order valence-electron chi connectivity index (χ1n) is 6.94. The molecule has 0 aliphatic heterocycles. The van der Waals surface area contributed by atoms with Gasteiger partial charge in [-0.15, -0.1) is 0 Å². The molecule has 0 saturated heterocycles. The lowest BCUT2D eigenvalue weighted by Crippen LogP contribution is -2.26. The number of imidazole rings is 1. The zero-order valence-corrected chi connectivity index (χ0v) is 13.3. The van der Waals surface area contributed by atoms with Gasteiger partial charge in [0.15, 0.2) is 0 Å². The third-order valence-electron chi connectivity index (χ3n) is 3.11. The first-order valence-corrected chi connectivity index (χ1v) is 7.32. The summed E-state index contributed by atoms with van der Waals surface area (Å²) in [7, 11) is 1.95. The molecule has 2 rings (SSSR count). The van der Waals surface area contributed by atoms with Gasteiger partial charge in [-0.05, 0) is 5.92 Å². The number of anilines is 1. The van der Waals surface area contributed by atoms with E-state index in [1.54, 1.807) is 12.4 Å². The van der Waals surface area contributed by atoms with Gasteiger partial charge in [-0.2, -0.15) is 5.10 Å². The number of hydrogen-bond donors (Lipinski definition) is 1. The van der Waals surface area contributed by atoms with Gasteiger partial charge in [0.1, 0.15) is 10.8 Å². The largest absolute Gasteiger partial charge is 0.382 e. The monoisotopic (exact) mass is 309 g/mol. The summed E-state index contributed by atoms with van der Waals surface area (Å²) in [5, 5.41) is 7.47. The molecule has 21 heavy (non-hydrogen) atoms. The Morgan fingerprint density at radius 2 is 2.19 bits per heavy atom. The van der Waals surface area contributed by atoms with E-state index in [0.717, 1.165) is 12.2 Å². The smallest absolute Gasteiger partial charge is 0.287 e. The summed E-state index contributed by atoms with van der Waals surface area (Å²) < 4.78 is 3.36. The molecule has 0 unspecified atom stereocenters. The topological polar surface area (TPSA) is 64.7 Å². The van der Waals surface area contributed by atoms with Crippen molar-refractivity contribution in [2.24, 2.45) is 13.0 Å². The zero-order valence-electron chi connectivity index (χ0n) is 12.5. The van der Waals surface area contributed by atoms with Gasteiger partial charge in [0.2, 0.25) is 0 Å². The number of rotatable bonds is 6. The summed E-state index contributed by atoms with van der Waals surface area (Å²) in [4.78, 5) is 16.3. The fourth-order valence-corrected chi connectivity index (χ4v) is 2.22. The number of nitrogens with one attached hydrogen (secondary N) is 1. The van der Waals surface area contributed by atoms with Gasteiger partial charge in [0.25, 0.3) is 5.56 Å². The van der Waals surface area contributed by atoms with Crippen LogP contribution in [0.15, 0.2) is 23.4 Å². The predicted octanol–water partition coefficient (Wildman–Crippen LogP) is 1.94. The molecule has 114 valence electrons. The van der Waals surface area contributed by atoms with Gasteiger partial charge >= 0.3 is 0 Å². The van der Waals surface area contributed by atoms with Crippen LogP contribution in [-0.4, -0.2) is 25.9 Å². The number of aromatic nitrogens is 4. The number of hydrogen-bond acceptors (Lipinski definition) is 4. The molecule has 2 heterocycles. The molecule has 7 heteroatoms. The maximum atomic E-state index is 12.1. The van der Waals surface area contributed by atoms with Crippen LogP contribution in [0.2, 0.25) is 5.02 Å². The molecule has 0 atom stereocenters. The van der Waals surface area contributed by atoms with Crippen LogP contribution in [0, 0.1) is 5.92 Å². The molecule has 0 aromatic carbocycles. The first-order chi connectivity index (χ1) is 9.99. The van der Waals surface area contributed by atoms with E-state index in [2.05, 4.69) is 15.4 Å². The minimum absolute atomic E-state index is 0.186. The third kappa shape index (κ3) is 3.85. The van der Waals surface area contributed by atoms with Gasteiger partial charge in [-0.1, -0.05) is 25.4 Å². The van der Waals surface area contributed by atoms with Crippen molar-refractivity contribution in [3.05, 3.63) is 39.8 Å². The third-order valence-corrected chi connectivity index (χ3v) is 3.47. The summed E-state index contributed by atoms with van der Waals surface area (Å²) in [5.41, 5.74) is 0.309. The maximum absolute atomic E-state index is 12.1. The Bertz CT molecular complexity index is 662. The first kappa shape index (κ1) is 15.6. The Labute approximate surface area is 128 Å². The Kier molecular flexibility index (Phi) is 5.01. The lowest BCUT2D eigenvalue weighted by molar-refractivity contribution is 0.464. The molecule has 2 aromatic heterocycles. The second-order valence-electron chi connectivity index (χ2n) is 5.38. The highest BCUT2D eigenvalue weighted by Crippen LogP contribution is 2.15. The van der Waals surface area contributed by atoms with E-state index in [4.69, 9.17) is 11.6 Å². The molecular weight excluding hydrogens is 290 g/mol. The molecule has 0 amide bonds. The summed E-state index contributed by atoms with van der Waals surface area (Å²) in [6.45, 7) is 5.26. The van der Waals surface area contributed by atoms with Gasteiger partial charge in [-0.3, -0.25) is 4.79 Å². The molecule has 0 bridgehead atoms. The van der Waals surface area contributed by atoms with Crippen LogP contribution >= 0.6 is 11.6 Å². The van der Waals surface area contributed by atoms with E-state index in [0.29, 0.717) is 24.7 Å². The second-order valence-corrected chi connectivity index (χ2v) is 5.76. The minimum atomic E-state index is -0.257. The normalized spacial score (nSPS) is 11.1. The zero-order chi connectivity index (χ0) is 15.4. The average Bonchev–Trinajstić information content (AvgIpc) is 2.83. The fraction of sp³-hybridized carbons (Fsp3) is 0.500. The molecule has 6 nitrogen and oxygen atoms in total. The summed E-state index contributed by atoms with van der Waals surface area (Å²) in [6, 6.07) is 0. The van der Waals surface area contributed by atoms with Crippen molar-refractivity contribution >= 4 is 17.3 Å². The average molecular weight is 310 g/mol. The Morgan fingerprint density at radius 3 is 2.81 bits per heavy atom. The van der Waals surface area contributed by atoms with Crippen molar-refractivity contribution in [1.29, 1.82) is 0 Å². The molecular formula is C14H20ClN5O. The van der Waals surface area contributed by atoms with Crippen molar-refractivity contribution in [2.75, 3.05) is 11.9 Å². The van der Waals surface area contributed by atoms with Gasteiger partial charge in [0.05, 0.1) is 11.9 Å². The lowest BCUT2D eigenvalue weighted by Gasteiger charge is -2.11. The van der Waals surface area contributed by atoms with Crippen LogP contribution in [0.5, 0.6) is 0 Å². The van der Waals surface area contributed by atoms with E-state index in [1.165, 1.54) is 4.68 Å². The molecule has 0 saturated carbocycles. The van der Waals surface area contributed by atoms with Gasteiger partial charge < -0.3 is 9.88 Å². The minimum Gasteiger partial charge on any atom is -0.382 e. The van der Waals surface area contributed by atoms with Crippen LogP contribution in [0.3, 0.4) is 0 Å². The quantitative estimate of drug-likeness (QED) is 0.885. The van der Waals surface area contributed by atoms with Crippen LogP contribution in [0.25, 0.3) is 0 Å². The Hall–Kier alpha value is -1.82. The molecule has 0 radical (unpaired) electrons. The van der Waals surface area contributed by atoms with Gasteiger partial charge in [0, 0.05) is 39.0 Å². The van der Waals surface area contributed by atoms with Crippen molar-refractivity contribution in [1.82, 2.24) is 19.3 Å². The van der Waals surface area contributed by atoms with Crippen LogP contribution in [-0.2, 0) is 20.0 Å². The number of halogens is 1. The standard InChI is InChI=1S/C14H20ClN5O/c1-10(2)9-20-14(21)13(15)11(8-18-20)16-5-4-12-17-6-7-19(12)3/h6-8,10,16H,4-5,9H2,1-3H3. The SMILES string of the molecule is CC(C)Cn1ncc(NCCc2nccn2C)c(Cl)c1=O. The van der Waals surface area contributed by atoms with Crippen LogP contribution in [0.1, 0.15) is 19.7 Å². The molecule has 0 aliphatic rings. The molecule has 1 N–H and O–H groups in total. The summed E-state index contributed by atoms with van der Waals surface area (Å²) >= 11 is 6.12. The van der Waals surface area contributed by atoms with Crippen molar-refractivity contribution in [2.45, 2.75) is 26.8 Å². The van der Waals surface area contributed by atoms with E-state index in [-0.39, 0.29) is 10.6 Å². The van der Waals surface area contributed by atoms with E-state index in [1.807, 2.05) is 31.7 Å². The Balaban J connectivity index is 2.02. The molecule has 0 fully saturated rings. The van der Waals surface area contributed by atoms with Crippen molar-refractivity contribution in [3.8, 4) is 0 Å². The van der Waals surface area contributed by atoms with Crippen LogP contribution < -0.4 is 10.9 Å². The van der Waals surface area contributed by atoms with Crippen LogP contribution in [0.4, 0.5) is 5.69 Å². The summed E-state index contributed by atoms with van der Waals surface area (Å²) in [6.07, 6.45) is 6.01. The highest BCUT2D eigenvalue weighted by molar-refractivity contribution is 6.32.